The first kappa shape index (κ1) is 11.6. The molecule has 1 aromatic rings. The van der Waals surface area contributed by atoms with Gasteiger partial charge in [-0.3, -0.25) is 4.99 Å². The predicted molar refractivity (Wildman–Crippen MR) is 69.1 cm³/mol. The van der Waals surface area contributed by atoms with Gasteiger partial charge in [0.15, 0.2) is 5.17 Å². The minimum Gasteiger partial charge on any atom is -0.466 e. The lowest BCUT2D eigenvalue weighted by atomic mass is 10.1. The topological polar surface area (TPSA) is 37.5 Å². The minimum atomic E-state index is 0.258. The van der Waals surface area contributed by atoms with E-state index >= 15 is 0 Å². The van der Waals surface area contributed by atoms with E-state index in [4.69, 9.17) is 4.42 Å². The van der Waals surface area contributed by atoms with Gasteiger partial charge < -0.3 is 9.73 Å². The molecule has 16 heavy (non-hydrogen) atoms. The number of nitrogens with zero attached hydrogens (tertiary/aromatic N) is 1. The minimum absolute atomic E-state index is 0.258. The van der Waals surface area contributed by atoms with Gasteiger partial charge >= 0.3 is 0 Å². The van der Waals surface area contributed by atoms with Crippen LogP contribution in [0.15, 0.2) is 15.5 Å². The zero-order valence-electron chi connectivity index (χ0n) is 10.2. The Morgan fingerprint density at radius 3 is 2.81 bits per heavy atom. The molecule has 2 atom stereocenters. The third-order valence-corrected chi connectivity index (χ3v) is 3.83. The second-order valence-corrected chi connectivity index (χ2v) is 5.34. The molecule has 88 valence electrons. The normalized spacial score (nSPS) is 22.0. The Kier molecular flexibility index (Phi) is 3.28. The van der Waals surface area contributed by atoms with Crippen molar-refractivity contribution in [1.29, 1.82) is 0 Å². The summed E-state index contributed by atoms with van der Waals surface area (Å²) in [6.07, 6.45) is 0. The maximum atomic E-state index is 5.53. The molecule has 0 saturated carbocycles. The second-order valence-electron chi connectivity index (χ2n) is 4.33. The fourth-order valence-corrected chi connectivity index (χ4v) is 2.88. The van der Waals surface area contributed by atoms with Crippen LogP contribution in [0.5, 0.6) is 0 Å². The summed E-state index contributed by atoms with van der Waals surface area (Å²) >= 11 is 1.79. The van der Waals surface area contributed by atoms with Crippen LogP contribution in [0.3, 0.4) is 0 Å². The molecule has 0 aliphatic carbocycles. The molecule has 1 N–H and O–H groups in total. The number of hydrogen-bond donors (Lipinski definition) is 1. The largest absolute Gasteiger partial charge is 0.466 e. The zero-order chi connectivity index (χ0) is 11.7. The molecule has 0 amide bonds. The molecule has 2 rings (SSSR count). The molecule has 4 heteroatoms. The monoisotopic (exact) mass is 238 g/mol. The molecule has 1 aliphatic heterocycles. The van der Waals surface area contributed by atoms with Crippen molar-refractivity contribution < 1.29 is 4.42 Å². The van der Waals surface area contributed by atoms with Crippen molar-refractivity contribution in [2.45, 2.75) is 39.8 Å². The molecule has 3 nitrogen and oxygen atoms in total. The molecule has 1 aliphatic rings. The molecule has 0 fully saturated rings. The summed E-state index contributed by atoms with van der Waals surface area (Å²) in [5.41, 5.74) is 1.22. The maximum absolute atomic E-state index is 5.53. The van der Waals surface area contributed by atoms with E-state index in [1.807, 2.05) is 13.8 Å². The Morgan fingerprint density at radius 2 is 2.31 bits per heavy atom. The summed E-state index contributed by atoms with van der Waals surface area (Å²) in [6, 6.07) is 2.79. The summed E-state index contributed by atoms with van der Waals surface area (Å²) in [4.78, 5) is 4.53. The average molecular weight is 238 g/mol. The number of hydrogen-bond acceptors (Lipinski definition) is 4. The quantitative estimate of drug-likeness (QED) is 0.860. The van der Waals surface area contributed by atoms with Gasteiger partial charge in [-0.15, -0.1) is 0 Å². The Hall–Kier alpha value is -0.900. The van der Waals surface area contributed by atoms with Crippen molar-refractivity contribution >= 4 is 16.9 Å². The van der Waals surface area contributed by atoms with Crippen LogP contribution in [0, 0.1) is 13.8 Å². The number of aliphatic imine (C=N–C) groups is 1. The van der Waals surface area contributed by atoms with Crippen LogP contribution >= 0.6 is 11.8 Å². The summed E-state index contributed by atoms with van der Waals surface area (Å²) in [6.45, 7) is 8.27. The fourth-order valence-electron chi connectivity index (χ4n) is 1.90. The van der Waals surface area contributed by atoms with Crippen LogP contribution in [-0.2, 0) is 0 Å². The Bertz CT molecular complexity index is 411. The molecule has 1 aromatic heterocycles. The molecular formula is C12H18N2OS. The van der Waals surface area contributed by atoms with Crippen molar-refractivity contribution in [3.8, 4) is 0 Å². The molecule has 0 saturated heterocycles. The highest BCUT2D eigenvalue weighted by molar-refractivity contribution is 8.14. The van der Waals surface area contributed by atoms with E-state index in [0.717, 1.165) is 22.4 Å². The van der Waals surface area contributed by atoms with Gasteiger partial charge in [-0.25, -0.2) is 0 Å². The molecule has 0 spiro atoms. The lowest BCUT2D eigenvalue weighted by Crippen LogP contribution is -2.23. The van der Waals surface area contributed by atoms with Crippen molar-refractivity contribution in [2.24, 2.45) is 4.99 Å². The van der Waals surface area contributed by atoms with Gasteiger partial charge in [0.1, 0.15) is 11.5 Å². The van der Waals surface area contributed by atoms with Crippen LogP contribution in [0.1, 0.15) is 37.0 Å². The lowest BCUT2D eigenvalue weighted by molar-refractivity contribution is 0.497. The highest BCUT2D eigenvalue weighted by Crippen LogP contribution is 2.24. The predicted octanol–water partition coefficient (Wildman–Crippen LogP) is 3.04. The summed E-state index contributed by atoms with van der Waals surface area (Å²) < 4.78 is 5.53. The first-order valence-electron chi connectivity index (χ1n) is 5.60. The third-order valence-electron chi connectivity index (χ3n) is 2.68. The molecule has 0 aromatic carbocycles. The van der Waals surface area contributed by atoms with Crippen molar-refractivity contribution in [3.63, 3.8) is 0 Å². The Morgan fingerprint density at radius 1 is 1.56 bits per heavy atom. The van der Waals surface area contributed by atoms with Gasteiger partial charge in [0, 0.05) is 11.3 Å². The number of amidine groups is 1. The van der Waals surface area contributed by atoms with Crippen molar-refractivity contribution in [1.82, 2.24) is 5.32 Å². The molecule has 0 bridgehead atoms. The van der Waals surface area contributed by atoms with Crippen LogP contribution in [0.2, 0.25) is 0 Å². The highest BCUT2D eigenvalue weighted by atomic mass is 32.2. The third kappa shape index (κ3) is 2.43. The number of nitrogens with one attached hydrogen (secondary N) is 1. The number of aryl methyl sites for hydroxylation is 2. The van der Waals surface area contributed by atoms with Gasteiger partial charge in [-0.05, 0) is 33.8 Å². The van der Waals surface area contributed by atoms with Crippen LogP contribution in [0.4, 0.5) is 0 Å². The van der Waals surface area contributed by atoms with Crippen molar-refractivity contribution in [2.75, 3.05) is 5.75 Å². The molecule has 2 unspecified atom stereocenters. The number of furan rings is 1. The smallest absolute Gasteiger partial charge is 0.157 e. The number of thioether (sulfide) groups is 1. The van der Waals surface area contributed by atoms with E-state index in [1.54, 1.807) is 11.8 Å². The van der Waals surface area contributed by atoms with E-state index in [-0.39, 0.29) is 6.04 Å². The van der Waals surface area contributed by atoms with Crippen LogP contribution in [-0.4, -0.2) is 17.0 Å². The first-order chi connectivity index (χ1) is 7.56. The average Bonchev–Trinajstić information content (AvgIpc) is 2.73. The summed E-state index contributed by atoms with van der Waals surface area (Å²) in [7, 11) is 0. The van der Waals surface area contributed by atoms with Gasteiger partial charge in [0.25, 0.3) is 0 Å². The second kappa shape index (κ2) is 4.53. The summed E-state index contributed by atoms with van der Waals surface area (Å²) in [5, 5.41) is 4.49. The lowest BCUT2D eigenvalue weighted by Gasteiger charge is -2.13. The number of rotatable bonds is 2. The van der Waals surface area contributed by atoms with E-state index in [2.05, 4.69) is 30.2 Å². The van der Waals surface area contributed by atoms with E-state index in [1.165, 1.54) is 5.56 Å². The first-order valence-corrected chi connectivity index (χ1v) is 6.59. The fraction of sp³-hybridized carbons (Fsp3) is 0.583. The van der Waals surface area contributed by atoms with Gasteiger partial charge in [-0.2, -0.15) is 0 Å². The van der Waals surface area contributed by atoms with Crippen molar-refractivity contribution in [3.05, 3.63) is 23.2 Å². The van der Waals surface area contributed by atoms with E-state index in [0.29, 0.717) is 6.04 Å². The maximum Gasteiger partial charge on any atom is 0.157 e. The van der Waals surface area contributed by atoms with Crippen LogP contribution < -0.4 is 5.32 Å². The van der Waals surface area contributed by atoms with Crippen LogP contribution in [0.25, 0.3) is 0 Å². The van der Waals surface area contributed by atoms with Gasteiger partial charge in [-0.1, -0.05) is 11.8 Å². The molecule has 2 heterocycles. The standard InChI is InChI=1S/C12H18N2OS/c1-7-6-16-12(13-7)14-9(3)11-5-8(2)15-10(11)4/h5,7,9H,6H2,1-4H3,(H,13,14). The van der Waals surface area contributed by atoms with E-state index < -0.39 is 0 Å². The Labute approximate surface area is 101 Å². The van der Waals surface area contributed by atoms with Gasteiger partial charge in [0.05, 0.1) is 12.1 Å². The zero-order valence-corrected chi connectivity index (χ0v) is 11.0. The van der Waals surface area contributed by atoms with Gasteiger partial charge in [0.2, 0.25) is 0 Å². The van der Waals surface area contributed by atoms with E-state index in [9.17, 15) is 0 Å². The molecular weight excluding hydrogens is 220 g/mol. The highest BCUT2D eigenvalue weighted by Gasteiger charge is 2.18. The molecule has 0 radical (unpaired) electrons. The summed E-state index contributed by atoms with van der Waals surface area (Å²) in [5.74, 6) is 3.04. The Balaban J connectivity index is 2.06. The SMILES string of the molecule is Cc1cc(C(C)NC2=NC(C)CS2)c(C)o1.